The van der Waals surface area contributed by atoms with Gasteiger partial charge in [0.2, 0.25) is 11.8 Å². The van der Waals surface area contributed by atoms with Crippen molar-refractivity contribution in [1.82, 2.24) is 20.5 Å². The van der Waals surface area contributed by atoms with E-state index < -0.39 is 6.04 Å². The number of nitrogens with zero attached hydrogens (tertiary/aromatic N) is 2. The number of hydrogen-bond donors (Lipinski definition) is 3. The van der Waals surface area contributed by atoms with Gasteiger partial charge in [0.1, 0.15) is 17.7 Å². The normalized spacial score (nSPS) is 14.0. The minimum absolute atomic E-state index is 0.105. The zero-order valence-corrected chi connectivity index (χ0v) is 18.6. The highest BCUT2D eigenvalue weighted by molar-refractivity contribution is 5.90. The number of likely N-dealkylation sites (N-methyl/N-ethyl adjacent to an activating group) is 1. The average molecular weight is 430 g/mol. The van der Waals surface area contributed by atoms with Gasteiger partial charge >= 0.3 is 0 Å². The van der Waals surface area contributed by atoms with Crippen LogP contribution >= 0.6 is 0 Å². The van der Waals surface area contributed by atoms with E-state index in [0.29, 0.717) is 11.4 Å². The quantitative estimate of drug-likeness (QED) is 0.537. The maximum atomic E-state index is 13.7. The van der Waals surface area contributed by atoms with Gasteiger partial charge in [-0.15, -0.1) is 0 Å². The molecule has 0 aliphatic carbocycles. The van der Waals surface area contributed by atoms with Gasteiger partial charge in [0.25, 0.3) is 0 Å². The van der Waals surface area contributed by atoms with Crippen LogP contribution in [-0.2, 0) is 22.6 Å². The summed E-state index contributed by atoms with van der Waals surface area (Å²) in [6.45, 7) is 4.26. The Kier molecular flexibility index (Phi) is 8.93. The van der Waals surface area contributed by atoms with Crippen molar-refractivity contribution >= 4 is 17.6 Å². The van der Waals surface area contributed by atoms with Crippen LogP contribution in [0.25, 0.3) is 0 Å². The average Bonchev–Trinajstić information content (AvgIpc) is 2.72. The van der Waals surface area contributed by atoms with Gasteiger partial charge in [-0.1, -0.05) is 38.5 Å². The van der Waals surface area contributed by atoms with Gasteiger partial charge in [0.05, 0.1) is 6.04 Å². The number of carbonyl (C=O) groups is 2. The Labute approximate surface area is 183 Å². The molecule has 0 saturated carbocycles. The number of nitrogens with one attached hydrogen (secondary N) is 2. The molecule has 8 heteroatoms. The number of amides is 2. The van der Waals surface area contributed by atoms with Gasteiger partial charge in [-0.2, -0.15) is 0 Å². The third-order valence-corrected chi connectivity index (χ3v) is 5.28. The smallest absolute Gasteiger partial charge is 0.243 e. The predicted molar refractivity (Wildman–Crippen MR) is 119 cm³/mol. The van der Waals surface area contributed by atoms with Crippen LogP contribution in [0.1, 0.15) is 31.4 Å². The largest absolute Gasteiger partial charge is 0.384 e. The molecule has 1 aromatic carbocycles. The Morgan fingerprint density at radius 2 is 1.90 bits per heavy atom. The highest BCUT2D eigenvalue weighted by atomic mass is 19.1. The molecule has 31 heavy (non-hydrogen) atoms. The lowest BCUT2D eigenvalue weighted by Crippen LogP contribution is -2.54. The van der Waals surface area contributed by atoms with E-state index >= 15 is 0 Å². The predicted octanol–water partition coefficient (Wildman–Crippen LogP) is 2.12. The van der Waals surface area contributed by atoms with Crippen molar-refractivity contribution in [2.24, 2.45) is 5.92 Å². The van der Waals surface area contributed by atoms with E-state index in [4.69, 9.17) is 5.73 Å². The molecule has 1 heterocycles. The van der Waals surface area contributed by atoms with Crippen molar-refractivity contribution in [3.05, 3.63) is 59.5 Å². The maximum absolute atomic E-state index is 13.7. The molecule has 2 aromatic rings. The summed E-state index contributed by atoms with van der Waals surface area (Å²) in [7, 11) is 3.68. The van der Waals surface area contributed by atoms with Crippen LogP contribution in [-0.4, -0.2) is 47.9 Å². The second-order valence-electron chi connectivity index (χ2n) is 8.00. The highest BCUT2D eigenvalue weighted by Crippen LogP contribution is 2.14. The molecule has 0 aliphatic heterocycles. The van der Waals surface area contributed by atoms with Crippen molar-refractivity contribution in [2.45, 2.75) is 45.3 Å². The fraction of sp³-hybridized carbons (Fsp3) is 0.435. The van der Waals surface area contributed by atoms with Crippen LogP contribution in [0.5, 0.6) is 0 Å². The van der Waals surface area contributed by atoms with Crippen LogP contribution in [0.2, 0.25) is 0 Å². The molecule has 3 atom stereocenters. The molecule has 1 aromatic heterocycles. The minimum Gasteiger partial charge on any atom is -0.384 e. The fourth-order valence-electron chi connectivity index (χ4n) is 3.44. The van der Waals surface area contributed by atoms with E-state index in [9.17, 15) is 14.0 Å². The van der Waals surface area contributed by atoms with Gasteiger partial charge in [-0.25, -0.2) is 9.37 Å². The summed E-state index contributed by atoms with van der Waals surface area (Å²) >= 11 is 0. The van der Waals surface area contributed by atoms with Crippen molar-refractivity contribution in [3.8, 4) is 0 Å². The second kappa shape index (κ2) is 11.4. The van der Waals surface area contributed by atoms with Crippen molar-refractivity contribution in [3.63, 3.8) is 0 Å². The number of benzene rings is 1. The summed E-state index contributed by atoms with van der Waals surface area (Å²) in [6.07, 6.45) is 2.58. The first-order valence-corrected chi connectivity index (χ1v) is 10.4. The molecule has 2 rings (SSSR count). The molecule has 0 saturated heterocycles. The summed E-state index contributed by atoms with van der Waals surface area (Å²) < 4.78 is 13.7. The molecular formula is C23H32FN5O2. The summed E-state index contributed by atoms with van der Waals surface area (Å²) in [6, 6.07) is 8.23. The van der Waals surface area contributed by atoms with Gasteiger partial charge in [-0.05, 0) is 49.3 Å². The first-order chi connectivity index (χ1) is 14.7. The Hall–Kier alpha value is -3.00. The lowest BCUT2D eigenvalue weighted by molar-refractivity contribution is -0.132. The van der Waals surface area contributed by atoms with E-state index in [1.54, 1.807) is 30.5 Å². The zero-order valence-electron chi connectivity index (χ0n) is 18.6. The van der Waals surface area contributed by atoms with Crippen LogP contribution in [0.15, 0.2) is 42.6 Å². The van der Waals surface area contributed by atoms with Gasteiger partial charge in [-0.3, -0.25) is 14.5 Å². The van der Waals surface area contributed by atoms with E-state index in [1.165, 1.54) is 12.1 Å². The Morgan fingerprint density at radius 3 is 2.48 bits per heavy atom. The lowest BCUT2D eigenvalue weighted by atomic mass is 9.96. The van der Waals surface area contributed by atoms with Crippen molar-refractivity contribution < 1.29 is 14.0 Å². The number of nitrogen functional groups attached to an aromatic ring is 1. The summed E-state index contributed by atoms with van der Waals surface area (Å²) in [5.41, 5.74) is 7.00. The molecule has 168 valence electrons. The standard InChI is InChI=1S/C23H32FN5O2/c1-5-15(2)21(29(3)4)23(31)28-19(12-16-7-6-8-18(24)11-16)22(30)27-14-17-9-10-20(25)26-13-17/h6-11,13,15,19,21H,5,12,14H2,1-4H3,(H2,25,26)(H,27,30)(H,28,31)/t15?,19-,21+/m0/s1. The van der Waals surface area contributed by atoms with E-state index in [2.05, 4.69) is 15.6 Å². The number of nitrogens with two attached hydrogens (primary N) is 1. The Balaban J connectivity index is 2.17. The number of rotatable bonds is 10. The van der Waals surface area contributed by atoms with E-state index in [1.807, 2.05) is 32.8 Å². The Morgan fingerprint density at radius 1 is 1.16 bits per heavy atom. The maximum Gasteiger partial charge on any atom is 0.243 e. The van der Waals surface area contributed by atoms with Crippen LogP contribution in [0, 0.1) is 11.7 Å². The number of aromatic nitrogens is 1. The van der Waals surface area contributed by atoms with E-state index in [-0.39, 0.29) is 42.6 Å². The van der Waals surface area contributed by atoms with Gasteiger partial charge in [0.15, 0.2) is 0 Å². The van der Waals surface area contributed by atoms with Gasteiger partial charge < -0.3 is 16.4 Å². The molecule has 0 spiro atoms. The number of carbonyl (C=O) groups excluding carboxylic acids is 2. The SMILES string of the molecule is CCC(C)[C@H](C(=O)N[C@@H](Cc1cccc(F)c1)C(=O)NCc1ccc(N)nc1)N(C)C. The second-order valence-corrected chi connectivity index (χ2v) is 8.00. The molecule has 2 amide bonds. The monoisotopic (exact) mass is 429 g/mol. The molecule has 1 unspecified atom stereocenters. The number of anilines is 1. The first-order valence-electron chi connectivity index (χ1n) is 10.4. The summed E-state index contributed by atoms with van der Waals surface area (Å²) in [4.78, 5) is 31.9. The molecule has 0 fully saturated rings. The first kappa shape index (κ1) is 24.3. The summed E-state index contributed by atoms with van der Waals surface area (Å²) in [5.74, 6) is -0.470. The fourth-order valence-corrected chi connectivity index (χ4v) is 3.44. The minimum atomic E-state index is -0.845. The molecule has 4 N–H and O–H groups in total. The number of halogens is 1. The van der Waals surface area contributed by atoms with Crippen molar-refractivity contribution in [2.75, 3.05) is 19.8 Å². The van der Waals surface area contributed by atoms with Crippen molar-refractivity contribution in [1.29, 1.82) is 0 Å². The molecular weight excluding hydrogens is 397 g/mol. The van der Waals surface area contributed by atoms with Gasteiger partial charge in [0, 0.05) is 19.2 Å². The molecule has 0 aliphatic rings. The van der Waals surface area contributed by atoms with Crippen LogP contribution in [0.3, 0.4) is 0 Å². The van der Waals surface area contributed by atoms with Crippen LogP contribution < -0.4 is 16.4 Å². The Bertz CT molecular complexity index is 873. The molecule has 0 radical (unpaired) electrons. The third kappa shape index (κ3) is 7.32. The summed E-state index contributed by atoms with van der Waals surface area (Å²) in [5, 5.41) is 5.70. The molecule has 0 bridgehead atoms. The highest BCUT2D eigenvalue weighted by Gasteiger charge is 2.30. The third-order valence-electron chi connectivity index (χ3n) is 5.28. The number of pyridine rings is 1. The lowest BCUT2D eigenvalue weighted by Gasteiger charge is -2.30. The topological polar surface area (TPSA) is 100 Å². The van der Waals surface area contributed by atoms with E-state index in [0.717, 1.165) is 12.0 Å². The molecule has 7 nitrogen and oxygen atoms in total. The zero-order chi connectivity index (χ0) is 23.0. The van der Waals surface area contributed by atoms with Crippen LogP contribution in [0.4, 0.5) is 10.2 Å². The number of hydrogen-bond acceptors (Lipinski definition) is 5.